The fourth-order valence-corrected chi connectivity index (χ4v) is 2.76. The van der Waals surface area contributed by atoms with Gasteiger partial charge in [-0.3, -0.25) is 9.59 Å². The molecule has 2 amide bonds. The maximum Gasteiger partial charge on any atom is 0.337 e. The van der Waals surface area contributed by atoms with Gasteiger partial charge < -0.3 is 19.7 Å². The summed E-state index contributed by atoms with van der Waals surface area (Å²) in [5, 5.41) is 2.73. The number of rotatable bonds is 4. The van der Waals surface area contributed by atoms with Crippen LogP contribution < -0.4 is 5.32 Å². The maximum atomic E-state index is 12.4. The maximum absolute atomic E-state index is 12.4. The molecule has 0 saturated carbocycles. The number of nitrogens with one attached hydrogen (secondary N) is 1. The standard InChI is InChI=1S/C20H20N2O5/c1-26-20(25)16-3-2-4-17(13-16)21-18(23)14-5-7-15(8-6-14)19(24)22-9-11-27-12-10-22/h2-8,13H,9-12H2,1H3,(H,21,23). The fraction of sp³-hybridized carbons (Fsp3) is 0.250. The van der Waals surface area contributed by atoms with E-state index >= 15 is 0 Å². The number of hydrogen-bond acceptors (Lipinski definition) is 5. The lowest BCUT2D eigenvalue weighted by molar-refractivity contribution is 0.0303. The van der Waals surface area contributed by atoms with Gasteiger partial charge in [0.2, 0.25) is 0 Å². The molecule has 1 N–H and O–H groups in total. The average molecular weight is 368 g/mol. The van der Waals surface area contributed by atoms with Gasteiger partial charge in [0, 0.05) is 29.9 Å². The van der Waals surface area contributed by atoms with Crippen LogP contribution in [0.1, 0.15) is 31.1 Å². The highest BCUT2D eigenvalue weighted by atomic mass is 16.5. The summed E-state index contributed by atoms with van der Waals surface area (Å²) < 4.78 is 9.92. The summed E-state index contributed by atoms with van der Waals surface area (Å²) in [5.41, 5.74) is 1.77. The van der Waals surface area contributed by atoms with Crippen molar-refractivity contribution in [3.63, 3.8) is 0 Å². The van der Waals surface area contributed by atoms with Gasteiger partial charge in [-0.25, -0.2) is 4.79 Å². The minimum absolute atomic E-state index is 0.0731. The van der Waals surface area contributed by atoms with Crippen molar-refractivity contribution < 1.29 is 23.9 Å². The molecule has 1 fully saturated rings. The van der Waals surface area contributed by atoms with E-state index in [2.05, 4.69) is 10.1 Å². The molecule has 1 heterocycles. The summed E-state index contributed by atoms with van der Waals surface area (Å²) in [7, 11) is 1.30. The van der Waals surface area contributed by atoms with Gasteiger partial charge in [-0.15, -0.1) is 0 Å². The first kappa shape index (κ1) is 18.6. The third-order valence-electron chi connectivity index (χ3n) is 4.23. The van der Waals surface area contributed by atoms with E-state index in [0.29, 0.717) is 48.7 Å². The molecule has 0 radical (unpaired) electrons. The Hall–Kier alpha value is -3.19. The van der Waals surface area contributed by atoms with Crippen molar-refractivity contribution in [2.45, 2.75) is 0 Å². The van der Waals surface area contributed by atoms with E-state index in [1.807, 2.05) is 0 Å². The Bertz CT molecular complexity index is 842. The third-order valence-corrected chi connectivity index (χ3v) is 4.23. The van der Waals surface area contributed by atoms with Crippen LogP contribution >= 0.6 is 0 Å². The molecule has 27 heavy (non-hydrogen) atoms. The number of ether oxygens (including phenoxy) is 2. The molecule has 0 aliphatic carbocycles. The lowest BCUT2D eigenvalue weighted by Crippen LogP contribution is -2.40. The number of esters is 1. The van der Waals surface area contributed by atoms with Gasteiger partial charge in [-0.2, -0.15) is 0 Å². The van der Waals surface area contributed by atoms with Crippen LogP contribution in [-0.2, 0) is 9.47 Å². The molecule has 140 valence electrons. The second kappa shape index (κ2) is 8.46. The first-order valence-corrected chi connectivity index (χ1v) is 8.55. The monoisotopic (exact) mass is 368 g/mol. The van der Waals surface area contributed by atoms with E-state index in [4.69, 9.17) is 4.74 Å². The van der Waals surface area contributed by atoms with Gasteiger partial charge in [-0.05, 0) is 42.5 Å². The summed E-state index contributed by atoms with van der Waals surface area (Å²) in [6.07, 6.45) is 0. The Morgan fingerprint density at radius 2 is 1.63 bits per heavy atom. The van der Waals surface area contributed by atoms with Crippen LogP contribution in [0.5, 0.6) is 0 Å². The van der Waals surface area contributed by atoms with Crippen LogP contribution in [0.3, 0.4) is 0 Å². The molecule has 0 spiro atoms. The SMILES string of the molecule is COC(=O)c1cccc(NC(=O)c2ccc(C(=O)N3CCOCC3)cc2)c1. The van der Waals surface area contributed by atoms with Crippen molar-refractivity contribution in [1.82, 2.24) is 4.90 Å². The molecule has 1 saturated heterocycles. The van der Waals surface area contributed by atoms with Crippen molar-refractivity contribution in [3.05, 3.63) is 65.2 Å². The summed E-state index contributed by atoms with van der Waals surface area (Å²) in [4.78, 5) is 38.1. The molecule has 0 unspecified atom stereocenters. The first-order valence-electron chi connectivity index (χ1n) is 8.55. The molecule has 0 aromatic heterocycles. The van der Waals surface area contributed by atoms with Gasteiger partial charge in [-0.1, -0.05) is 6.07 Å². The number of amides is 2. The number of carbonyl (C=O) groups excluding carboxylic acids is 3. The van der Waals surface area contributed by atoms with E-state index in [9.17, 15) is 14.4 Å². The number of anilines is 1. The molecular weight excluding hydrogens is 348 g/mol. The molecule has 0 atom stereocenters. The van der Waals surface area contributed by atoms with Crippen molar-refractivity contribution in [1.29, 1.82) is 0 Å². The first-order chi connectivity index (χ1) is 13.1. The fourth-order valence-electron chi connectivity index (χ4n) is 2.76. The lowest BCUT2D eigenvalue weighted by atomic mass is 10.1. The largest absolute Gasteiger partial charge is 0.465 e. The van der Waals surface area contributed by atoms with Crippen LogP contribution in [0.15, 0.2) is 48.5 Å². The lowest BCUT2D eigenvalue weighted by Gasteiger charge is -2.26. The topological polar surface area (TPSA) is 84.9 Å². The van der Waals surface area contributed by atoms with E-state index in [-0.39, 0.29) is 11.8 Å². The Morgan fingerprint density at radius 3 is 2.30 bits per heavy atom. The minimum Gasteiger partial charge on any atom is -0.465 e. The van der Waals surface area contributed by atoms with Crippen LogP contribution in [-0.4, -0.2) is 56.1 Å². The van der Waals surface area contributed by atoms with E-state index in [1.54, 1.807) is 53.4 Å². The van der Waals surface area contributed by atoms with Crippen LogP contribution in [0, 0.1) is 0 Å². The zero-order chi connectivity index (χ0) is 19.2. The van der Waals surface area contributed by atoms with Crippen LogP contribution in [0.25, 0.3) is 0 Å². The molecule has 2 aromatic carbocycles. The van der Waals surface area contributed by atoms with Gasteiger partial charge >= 0.3 is 5.97 Å². The van der Waals surface area contributed by atoms with Crippen LogP contribution in [0.4, 0.5) is 5.69 Å². The summed E-state index contributed by atoms with van der Waals surface area (Å²) in [5.74, 6) is -0.879. The zero-order valence-corrected chi connectivity index (χ0v) is 14.9. The number of benzene rings is 2. The minimum atomic E-state index is -0.475. The third kappa shape index (κ3) is 4.51. The smallest absolute Gasteiger partial charge is 0.337 e. The number of carbonyl (C=O) groups is 3. The van der Waals surface area contributed by atoms with Crippen LogP contribution in [0.2, 0.25) is 0 Å². The Balaban J connectivity index is 1.67. The van der Waals surface area contributed by atoms with Gasteiger partial charge in [0.05, 0.1) is 25.9 Å². The second-order valence-electron chi connectivity index (χ2n) is 6.01. The number of hydrogen-bond donors (Lipinski definition) is 1. The van der Waals surface area contributed by atoms with Crippen molar-refractivity contribution in [2.24, 2.45) is 0 Å². The second-order valence-corrected chi connectivity index (χ2v) is 6.01. The number of morpholine rings is 1. The highest BCUT2D eigenvalue weighted by Crippen LogP contribution is 2.14. The Morgan fingerprint density at radius 1 is 0.963 bits per heavy atom. The van der Waals surface area contributed by atoms with Crippen molar-refractivity contribution >= 4 is 23.5 Å². The quantitative estimate of drug-likeness (QED) is 0.837. The van der Waals surface area contributed by atoms with Gasteiger partial charge in [0.25, 0.3) is 11.8 Å². The average Bonchev–Trinajstić information content (AvgIpc) is 2.73. The highest BCUT2D eigenvalue weighted by Gasteiger charge is 2.18. The molecule has 0 bridgehead atoms. The summed E-state index contributed by atoms with van der Waals surface area (Å²) in [6, 6.07) is 13.0. The Labute approximate surface area is 156 Å². The van der Waals surface area contributed by atoms with E-state index in [1.165, 1.54) is 7.11 Å². The predicted octanol–water partition coefficient (Wildman–Crippen LogP) is 2.20. The van der Waals surface area contributed by atoms with E-state index < -0.39 is 5.97 Å². The highest BCUT2D eigenvalue weighted by molar-refractivity contribution is 6.05. The number of methoxy groups -OCH3 is 1. The number of nitrogens with zero attached hydrogens (tertiary/aromatic N) is 1. The van der Waals surface area contributed by atoms with Gasteiger partial charge in [0.1, 0.15) is 0 Å². The molecule has 2 aromatic rings. The van der Waals surface area contributed by atoms with Crippen molar-refractivity contribution in [3.8, 4) is 0 Å². The Kier molecular flexibility index (Phi) is 5.83. The molecule has 7 nitrogen and oxygen atoms in total. The normalized spacial score (nSPS) is 13.7. The van der Waals surface area contributed by atoms with E-state index in [0.717, 1.165) is 0 Å². The molecule has 1 aliphatic rings. The molecular formula is C20H20N2O5. The molecule has 7 heteroatoms. The van der Waals surface area contributed by atoms with Crippen molar-refractivity contribution in [2.75, 3.05) is 38.7 Å². The summed E-state index contributed by atoms with van der Waals surface area (Å²) >= 11 is 0. The van der Waals surface area contributed by atoms with Gasteiger partial charge in [0.15, 0.2) is 0 Å². The molecule has 1 aliphatic heterocycles. The summed E-state index contributed by atoms with van der Waals surface area (Å²) in [6.45, 7) is 2.21. The molecule has 3 rings (SSSR count). The zero-order valence-electron chi connectivity index (χ0n) is 14.9. The predicted molar refractivity (Wildman–Crippen MR) is 98.9 cm³/mol.